The lowest BCUT2D eigenvalue weighted by Crippen LogP contribution is -2.33. The minimum atomic E-state index is -3.26. The lowest BCUT2D eigenvalue weighted by atomic mass is 10.1. The van der Waals surface area contributed by atoms with Crippen molar-refractivity contribution in [3.05, 3.63) is 46.4 Å². The van der Waals surface area contributed by atoms with Crippen molar-refractivity contribution in [3.8, 4) is 0 Å². The van der Waals surface area contributed by atoms with Crippen LogP contribution in [0.4, 0.5) is 5.82 Å². The zero-order valence-corrected chi connectivity index (χ0v) is 16.1. The van der Waals surface area contributed by atoms with Gasteiger partial charge in [0.05, 0.1) is 10.4 Å². The van der Waals surface area contributed by atoms with Crippen molar-refractivity contribution in [2.24, 2.45) is 0 Å². The highest BCUT2D eigenvalue weighted by atomic mass is 32.2. The third kappa shape index (κ3) is 3.58. The topological polar surface area (TPSA) is 75.2 Å². The highest BCUT2D eigenvalue weighted by molar-refractivity contribution is 7.90. The highest BCUT2D eigenvalue weighted by Gasteiger charge is 2.17. The summed E-state index contributed by atoms with van der Waals surface area (Å²) in [6.07, 6.45) is 3.82. The smallest absolute Gasteiger partial charge is 0.175 e. The van der Waals surface area contributed by atoms with Gasteiger partial charge in [0.1, 0.15) is 12.1 Å². The molecule has 8 heteroatoms. The second-order valence-electron chi connectivity index (χ2n) is 6.50. The van der Waals surface area contributed by atoms with Crippen molar-refractivity contribution in [1.82, 2.24) is 14.9 Å². The van der Waals surface area contributed by atoms with Crippen LogP contribution >= 0.6 is 11.3 Å². The van der Waals surface area contributed by atoms with Crippen LogP contribution in [0.1, 0.15) is 10.4 Å². The fraction of sp³-hybridized carbons (Fsp3) is 0.333. The third-order valence-electron chi connectivity index (χ3n) is 4.64. The van der Waals surface area contributed by atoms with E-state index in [0.29, 0.717) is 5.82 Å². The van der Waals surface area contributed by atoms with Gasteiger partial charge in [-0.05, 0) is 41.6 Å². The zero-order valence-electron chi connectivity index (χ0n) is 14.5. The summed E-state index contributed by atoms with van der Waals surface area (Å²) in [5, 5.41) is 6.24. The van der Waals surface area contributed by atoms with Gasteiger partial charge in [-0.2, -0.15) is 0 Å². The summed E-state index contributed by atoms with van der Waals surface area (Å²) in [5.41, 5.74) is 2.17. The first-order chi connectivity index (χ1) is 12.5. The van der Waals surface area contributed by atoms with E-state index < -0.39 is 9.84 Å². The number of benzene rings is 1. The SMILES string of the molecule is CS(=O)(=O)c1ccc2ncnc(NCCN3CCc4sccc4C3)c2c1. The number of hydrogen-bond donors (Lipinski definition) is 1. The van der Waals surface area contributed by atoms with Crippen LogP contribution in [0.15, 0.2) is 40.9 Å². The third-order valence-corrected chi connectivity index (χ3v) is 6.78. The van der Waals surface area contributed by atoms with E-state index in [1.807, 2.05) is 11.3 Å². The Balaban J connectivity index is 1.47. The fourth-order valence-electron chi connectivity index (χ4n) is 3.24. The first kappa shape index (κ1) is 17.4. The minimum Gasteiger partial charge on any atom is -0.368 e. The molecule has 2 aromatic heterocycles. The van der Waals surface area contributed by atoms with Gasteiger partial charge >= 0.3 is 0 Å². The summed E-state index contributed by atoms with van der Waals surface area (Å²) >= 11 is 1.84. The average molecular weight is 389 g/mol. The molecule has 0 saturated heterocycles. The van der Waals surface area contributed by atoms with Gasteiger partial charge in [-0.1, -0.05) is 0 Å². The van der Waals surface area contributed by atoms with Gasteiger partial charge in [0.15, 0.2) is 9.84 Å². The molecular weight excluding hydrogens is 368 g/mol. The van der Waals surface area contributed by atoms with E-state index in [9.17, 15) is 8.42 Å². The normalized spacial score (nSPS) is 15.1. The lowest BCUT2D eigenvalue weighted by Gasteiger charge is -2.26. The highest BCUT2D eigenvalue weighted by Crippen LogP contribution is 2.25. The maximum Gasteiger partial charge on any atom is 0.175 e. The van der Waals surface area contributed by atoms with Crippen molar-refractivity contribution in [3.63, 3.8) is 0 Å². The molecule has 0 spiro atoms. The summed E-state index contributed by atoms with van der Waals surface area (Å²) in [5.74, 6) is 0.675. The molecule has 0 unspecified atom stereocenters. The Bertz CT molecular complexity index is 1050. The predicted octanol–water partition coefficient (Wildman–Crippen LogP) is 2.57. The molecule has 1 aliphatic rings. The Kier molecular flexibility index (Phi) is 4.64. The zero-order chi connectivity index (χ0) is 18.1. The molecule has 1 N–H and O–H groups in total. The van der Waals surface area contributed by atoms with E-state index in [-0.39, 0.29) is 4.90 Å². The van der Waals surface area contributed by atoms with E-state index >= 15 is 0 Å². The van der Waals surface area contributed by atoms with E-state index in [0.717, 1.165) is 43.5 Å². The molecule has 4 rings (SSSR count). The molecule has 0 saturated carbocycles. The molecule has 6 nitrogen and oxygen atoms in total. The molecule has 1 aliphatic heterocycles. The van der Waals surface area contributed by atoms with Crippen LogP contribution in [0.3, 0.4) is 0 Å². The minimum absolute atomic E-state index is 0.281. The molecule has 3 aromatic rings. The van der Waals surface area contributed by atoms with Crippen LogP contribution in [0.25, 0.3) is 10.9 Å². The molecule has 0 fully saturated rings. The van der Waals surface area contributed by atoms with Gasteiger partial charge in [-0.3, -0.25) is 4.90 Å². The Hall–Kier alpha value is -2.03. The van der Waals surface area contributed by atoms with Gasteiger partial charge in [0, 0.05) is 42.7 Å². The Morgan fingerprint density at radius 1 is 1.27 bits per heavy atom. The molecule has 0 bridgehead atoms. The number of anilines is 1. The largest absolute Gasteiger partial charge is 0.368 e. The van der Waals surface area contributed by atoms with Crippen molar-refractivity contribution in [2.45, 2.75) is 17.9 Å². The number of fused-ring (bicyclic) bond motifs is 2. The van der Waals surface area contributed by atoms with Crippen molar-refractivity contribution in [1.29, 1.82) is 0 Å². The van der Waals surface area contributed by atoms with Crippen LogP contribution in [-0.2, 0) is 22.8 Å². The summed E-state index contributed by atoms with van der Waals surface area (Å²) in [7, 11) is -3.26. The van der Waals surface area contributed by atoms with E-state index in [1.54, 1.807) is 18.2 Å². The van der Waals surface area contributed by atoms with E-state index in [4.69, 9.17) is 0 Å². The Morgan fingerprint density at radius 2 is 2.15 bits per heavy atom. The van der Waals surface area contributed by atoms with Gasteiger partial charge in [0.25, 0.3) is 0 Å². The van der Waals surface area contributed by atoms with Crippen LogP contribution in [-0.4, -0.2) is 49.2 Å². The summed E-state index contributed by atoms with van der Waals surface area (Å²) < 4.78 is 23.6. The number of sulfone groups is 1. The van der Waals surface area contributed by atoms with Crippen LogP contribution in [0, 0.1) is 0 Å². The molecule has 26 heavy (non-hydrogen) atoms. The Labute approximate surface area is 156 Å². The van der Waals surface area contributed by atoms with E-state index in [1.165, 1.54) is 23.0 Å². The molecular formula is C18H20N4O2S2. The molecule has 0 aliphatic carbocycles. The average Bonchev–Trinajstić information content (AvgIpc) is 3.08. The number of thiophene rings is 1. The molecule has 0 amide bonds. The summed E-state index contributed by atoms with van der Waals surface area (Å²) in [4.78, 5) is 12.7. The van der Waals surface area contributed by atoms with Gasteiger partial charge in [-0.15, -0.1) is 11.3 Å². The van der Waals surface area contributed by atoms with Crippen molar-refractivity contribution in [2.75, 3.05) is 31.2 Å². The van der Waals surface area contributed by atoms with E-state index in [2.05, 4.69) is 31.6 Å². The summed E-state index contributed by atoms with van der Waals surface area (Å²) in [6, 6.07) is 7.16. The predicted molar refractivity (Wildman–Crippen MR) is 104 cm³/mol. The molecule has 0 radical (unpaired) electrons. The number of hydrogen-bond acceptors (Lipinski definition) is 7. The Morgan fingerprint density at radius 3 is 3.00 bits per heavy atom. The van der Waals surface area contributed by atoms with Gasteiger partial charge in [0.2, 0.25) is 0 Å². The fourth-order valence-corrected chi connectivity index (χ4v) is 4.77. The quantitative estimate of drug-likeness (QED) is 0.724. The maximum atomic E-state index is 11.8. The van der Waals surface area contributed by atoms with Crippen molar-refractivity contribution < 1.29 is 8.42 Å². The molecule has 0 atom stereocenters. The second-order valence-corrected chi connectivity index (χ2v) is 9.51. The van der Waals surface area contributed by atoms with Crippen LogP contribution < -0.4 is 5.32 Å². The van der Waals surface area contributed by atoms with Crippen LogP contribution in [0.2, 0.25) is 0 Å². The number of rotatable bonds is 5. The lowest BCUT2D eigenvalue weighted by molar-refractivity contribution is 0.266. The molecule has 136 valence electrons. The number of nitrogens with one attached hydrogen (secondary N) is 1. The van der Waals surface area contributed by atoms with Gasteiger partial charge < -0.3 is 5.32 Å². The molecule has 3 heterocycles. The second kappa shape index (κ2) is 6.94. The maximum absolute atomic E-state index is 11.8. The van der Waals surface area contributed by atoms with Crippen molar-refractivity contribution >= 4 is 37.9 Å². The number of aromatic nitrogens is 2. The van der Waals surface area contributed by atoms with Crippen LogP contribution in [0.5, 0.6) is 0 Å². The standard InChI is InChI=1S/C18H20N4O2S2/c1-26(23,24)14-2-3-16-15(10-14)18(21-12-20-16)19-6-8-22-7-4-17-13(11-22)5-9-25-17/h2-3,5,9-10,12H,4,6-8,11H2,1H3,(H,19,20,21). The first-order valence-electron chi connectivity index (χ1n) is 8.47. The number of nitrogens with zero attached hydrogens (tertiary/aromatic N) is 3. The van der Waals surface area contributed by atoms with Gasteiger partial charge in [-0.25, -0.2) is 18.4 Å². The molecule has 1 aromatic carbocycles. The monoisotopic (exact) mass is 388 g/mol. The first-order valence-corrected chi connectivity index (χ1v) is 11.2. The summed E-state index contributed by atoms with van der Waals surface area (Å²) in [6.45, 7) is 3.71.